The van der Waals surface area contributed by atoms with E-state index in [0.29, 0.717) is 42.5 Å². The number of rotatable bonds is 3. The van der Waals surface area contributed by atoms with Gasteiger partial charge in [-0.15, -0.1) is 11.3 Å². The molecular formula is C14H19N5O3S. The number of ether oxygens (including phenoxy) is 1. The smallest absolute Gasteiger partial charge is 0.323 e. The number of urea groups is 1. The van der Waals surface area contributed by atoms with Crippen LogP contribution in [0.4, 0.5) is 9.93 Å². The Morgan fingerprint density at radius 3 is 3.00 bits per heavy atom. The Labute approximate surface area is 137 Å². The number of hydrogen-bond acceptors (Lipinski definition) is 7. The molecule has 8 nitrogen and oxygen atoms in total. The molecule has 1 saturated heterocycles. The molecule has 0 spiro atoms. The number of hydrogen-bond donors (Lipinski definition) is 1. The number of morpholine rings is 1. The molecule has 0 aromatic carbocycles. The third-order valence-corrected chi connectivity index (χ3v) is 4.70. The standard InChI is InChI=1S/C14H19N5O3S/c1-8(2)11-6-15-13(23-11)17-14(20)19-4-5-21-10(7-19)12-16-9(3)22-18-12/h6,8,10H,4-5,7H2,1-3H3,(H,15,17,20)/t10-/m1/s1. The van der Waals surface area contributed by atoms with E-state index in [-0.39, 0.29) is 12.1 Å². The molecule has 1 aliphatic heterocycles. The molecule has 0 saturated carbocycles. The van der Waals surface area contributed by atoms with Crippen LogP contribution in [0.5, 0.6) is 0 Å². The van der Waals surface area contributed by atoms with E-state index in [0.717, 1.165) is 4.88 Å². The van der Waals surface area contributed by atoms with Gasteiger partial charge in [-0.05, 0) is 5.92 Å². The molecule has 1 aliphatic rings. The van der Waals surface area contributed by atoms with E-state index in [2.05, 4.69) is 34.3 Å². The van der Waals surface area contributed by atoms with Crippen molar-refractivity contribution in [1.82, 2.24) is 20.0 Å². The van der Waals surface area contributed by atoms with Gasteiger partial charge in [-0.25, -0.2) is 9.78 Å². The fraction of sp³-hybridized carbons (Fsp3) is 0.571. The lowest BCUT2D eigenvalue weighted by atomic mass is 10.2. The minimum atomic E-state index is -0.366. The molecule has 2 amide bonds. The summed E-state index contributed by atoms with van der Waals surface area (Å²) in [6.45, 7) is 7.24. The summed E-state index contributed by atoms with van der Waals surface area (Å²) >= 11 is 1.49. The molecular weight excluding hydrogens is 318 g/mol. The summed E-state index contributed by atoms with van der Waals surface area (Å²) < 4.78 is 10.6. The van der Waals surface area contributed by atoms with E-state index in [4.69, 9.17) is 9.26 Å². The van der Waals surface area contributed by atoms with Crippen LogP contribution in [0, 0.1) is 6.92 Å². The van der Waals surface area contributed by atoms with E-state index >= 15 is 0 Å². The van der Waals surface area contributed by atoms with Gasteiger partial charge in [0.2, 0.25) is 11.7 Å². The fourth-order valence-electron chi connectivity index (χ4n) is 2.22. The van der Waals surface area contributed by atoms with Gasteiger partial charge >= 0.3 is 6.03 Å². The second-order valence-electron chi connectivity index (χ2n) is 5.63. The van der Waals surface area contributed by atoms with Crippen molar-refractivity contribution in [2.45, 2.75) is 32.8 Å². The Hall–Kier alpha value is -2.00. The number of carbonyl (C=O) groups is 1. The van der Waals surface area contributed by atoms with Crippen LogP contribution in [-0.2, 0) is 4.74 Å². The quantitative estimate of drug-likeness (QED) is 0.925. The molecule has 0 bridgehead atoms. The Balaban J connectivity index is 1.62. The van der Waals surface area contributed by atoms with Crippen LogP contribution in [0.3, 0.4) is 0 Å². The SMILES string of the molecule is Cc1nc([C@H]2CN(C(=O)Nc3ncc(C(C)C)s3)CCO2)no1. The largest absolute Gasteiger partial charge is 0.366 e. The molecule has 124 valence electrons. The lowest BCUT2D eigenvalue weighted by Crippen LogP contribution is -2.44. The summed E-state index contributed by atoms with van der Waals surface area (Å²) in [5.74, 6) is 1.35. The van der Waals surface area contributed by atoms with Crippen molar-refractivity contribution in [1.29, 1.82) is 0 Å². The molecule has 1 atom stereocenters. The van der Waals surface area contributed by atoms with Crippen molar-refractivity contribution in [2.75, 3.05) is 25.0 Å². The third kappa shape index (κ3) is 3.67. The van der Waals surface area contributed by atoms with Gasteiger partial charge in [-0.2, -0.15) is 4.98 Å². The maximum absolute atomic E-state index is 12.4. The van der Waals surface area contributed by atoms with Crippen molar-refractivity contribution in [3.05, 3.63) is 22.8 Å². The first-order valence-corrected chi connectivity index (χ1v) is 8.28. The van der Waals surface area contributed by atoms with Crippen LogP contribution >= 0.6 is 11.3 Å². The molecule has 1 N–H and O–H groups in total. The Bertz CT molecular complexity index is 684. The maximum atomic E-state index is 12.4. The molecule has 3 heterocycles. The van der Waals surface area contributed by atoms with E-state index in [1.54, 1.807) is 18.0 Å². The predicted molar refractivity (Wildman–Crippen MR) is 84.5 cm³/mol. The normalized spacial score (nSPS) is 18.4. The summed E-state index contributed by atoms with van der Waals surface area (Å²) in [5, 5.41) is 7.31. The Morgan fingerprint density at radius 1 is 1.52 bits per heavy atom. The summed E-state index contributed by atoms with van der Waals surface area (Å²) in [6.07, 6.45) is 1.43. The van der Waals surface area contributed by atoms with Crippen molar-refractivity contribution in [3.8, 4) is 0 Å². The lowest BCUT2D eigenvalue weighted by molar-refractivity contribution is -0.0190. The maximum Gasteiger partial charge on any atom is 0.323 e. The van der Waals surface area contributed by atoms with Crippen LogP contribution in [-0.4, -0.2) is 45.8 Å². The number of aryl methyl sites for hydroxylation is 1. The second-order valence-corrected chi connectivity index (χ2v) is 6.69. The first-order valence-electron chi connectivity index (χ1n) is 7.46. The second kappa shape index (κ2) is 6.63. The molecule has 2 aromatic heterocycles. The molecule has 23 heavy (non-hydrogen) atoms. The highest BCUT2D eigenvalue weighted by Crippen LogP contribution is 2.26. The summed E-state index contributed by atoms with van der Waals surface area (Å²) in [4.78, 5) is 23.6. The van der Waals surface area contributed by atoms with E-state index in [9.17, 15) is 4.79 Å². The molecule has 9 heteroatoms. The average Bonchev–Trinajstić information content (AvgIpc) is 3.16. The number of carbonyl (C=O) groups excluding carboxylic acids is 1. The van der Waals surface area contributed by atoms with Crippen molar-refractivity contribution >= 4 is 22.5 Å². The van der Waals surface area contributed by atoms with E-state index in [1.807, 2.05) is 0 Å². The van der Waals surface area contributed by atoms with Crippen molar-refractivity contribution in [2.24, 2.45) is 0 Å². The molecule has 0 unspecified atom stereocenters. The van der Waals surface area contributed by atoms with E-state index in [1.165, 1.54) is 11.3 Å². The van der Waals surface area contributed by atoms with Gasteiger partial charge in [-0.3, -0.25) is 5.32 Å². The van der Waals surface area contributed by atoms with Crippen LogP contribution in [0.1, 0.15) is 42.5 Å². The molecule has 1 fully saturated rings. The van der Waals surface area contributed by atoms with Crippen molar-refractivity contribution < 1.29 is 14.1 Å². The number of nitrogens with zero attached hydrogens (tertiary/aromatic N) is 4. The highest BCUT2D eigenvalue weighted by molar-refractivity contribution is 7.15. The number of anilines is 1. The van der Waals surface area contributed by atoms with Gasteiger partial charge in [-0.1, -0.05) is 19.0 Å². The lowest BCUT2D eigenvalue weighted by Gasteiger charge is -2.31. The topological polar surface area (TPSA) is 93.4 Å². The summed E-state index contributed by atoms with van der Waals surface area (Å²) in [5.41, 5.74) is 0. The van der Waals surface area contributed by atoms with Gasteiger partial charge in [0.1, 0.15) is 6.10 Å². The highest BCUT2D eigenvalue weighted by atomic mass is 32.1. The molecule has 0 radical (unpaired) electrons. The van der Waals surface area contributed by atoms with Crippen LogP contribution in [0.25, 0.3) is 0 Å². The van der Waals surface area contributed by atoms with Gasteiger partial charge in [0, 0.05) is 24.5 Å². The molecule has 0 aliphatic carbocycles. The van der Waals surface area contributed by atoms with E-state index < -0.39 is 0 Å². The fourth-order valence-corrected chi connectivity index (χ4v) is 3.03. The zero-order valence-electron chi connectivity index (χ0n) is 13.3. The van der Waals surface area contributed by atoms with Gasteiger partial charge in [0.05, 0.1) is 13.2 Å². The average molecular weight is 337 g/mol. The van der Waals surface area contributed by atoms with Crippen LogP contribution < -0.4 is 5.32 Å². The number of amides is 2. The minimum Gasteiger partial charge on any atom is -0.366 e. The van der Waals surface area contributed by atoms with Gasteiger partial charge in [0.25, 0.3) is 0 Å². The Kier molecular flexibility index (Phi) is 4.58. The van der Waals surface area contributed by atoms with Gasteiger partial charge < -0.3 is 14.2 Å². The minimum absolute atomic E-state index is 0.192. The number of nitrogens with one attached hydrogen (secondary N) is 1. The van der Waals surface area contributed by atoms with Crippen molar-refractivity contribution in [3.63, 3.8) is 0 Å². The number of thiazole rings is 1. The molecule has 2 aromatic rings. The van der Waals surface area contributed by atoms with Crippen LogP contribution in [0.2, 0.25) is 0 Å². The third-order valence-electron chi connectivity index (χ3n) is 3.49. The zero-order chi connectivity index (χ0) is 16.4. The van der Waals surface area contributed by atoms with Crippen LogP contribution in [0.15, 0.2) is 10.7 Å². The zero-order valence-corrected chi connectivity index (χ0v) is 14.1. The predicted octanol–water partition coefficient (Wildman–Crippen LogP) is 2.56. The molecule has 3 rings (SSSR count). The monoisotopic (exact) mass is 337 g/mol. The van der Waals surface area contributed by atoms with Gasteiger partial charge in [0.15, 0.2) is 5.13 Å². The first kappa shape index (κ1) is 15.9. The number of aromatic nitrogens is 3. The first-order chi connectivity index (χ1) is 11.0. The highest BCUT2D eigenvalue weighted by Gasteiger charge is 2.29. The Morgan fingerprint density at radius 2 is 2.35 bits per heavy atom. The summed E-state index contributed by atoms with van der Waals surface area (Å²) in [6, 6.07) is -0.192. The summed E-state index contributed by atoms with van der Waals surface area (Å²) in [7, 11) is 0.